The van der Waals surface area contributed by atoms with Gasteiger partial charge in [-0.15, -0.1) is 0 Å². The minimum Gasteiger partial charge on any atom is -0.326 e. The van der Waals surface area contributed by atoms with Gasteiger partial charge in [-0.3, -0.25) is 9.59 Å². The van der Waals surface area contributed by atoms with Gasteiger partial charge in [0.1, 0.15) is 0 Å². The van der Waals surface area contributed by atoms with E-state index in [1.54, 1.807) is 0 Å². The lowest BCUT2D eigenvalue weighted by Gasteiger charge is -2.17. The standard InChI is InChI=1S/C17H22N2O2/c1-10-11(2)16(21)19-14-8-12(6-7-13(10)14)18-15(20)9-17(3,4)5/h6-8H,9H2,1-5H3,(H,18,20)(H,19,21). The van der Waals surface area contributed by atoms with E-state index in [-0.39, 0.29) is 16.9 Å². The minimum atomic E-state index is -0.0850. The fourth-order valence-electron chi connectivity index (χ4n) is 2.33. The van der Waals surface area contributed by atoms with Crippen molar-refractivity contribution in [2.75, 3.05) is 5.32 Å². The zero-order valence-electron chi connectivity index (χ0n) is 13.3. The van der Waals surface area contributed by atoms with Gasteiger partial charge < -0.3 is 10.3 Å². The number of H-pyrrole nitrogens is 1. The molecule has 1 heterocycles. The maximum Gasteiger partial charge on any atom is 0.251 e. The Bertz CT molecular complexity index is 752. The summed E-state index contributed by atoms with van der Waals surface area (Å²) in [6.45, 7) is 9.82. The van der Waals surface area contributed by atoms with Gasteiger partial charge in [-0.2, -0.15) is 0 Å². The van der Waals surface area contributed by atoms with Crippen molar-refractivity contribution in [3.63, 3.8) is 0 Å². The van der Waals surface area contributed by atoms with E-state index in [9.17, 15) is 9.59 Å². The average Bonchev–Trinajstić information content (AvgIpc) is 2.33. The maximum atomic E-state index is 12.0. The van der Waals surface area contributed by atoms with Gasteiger partial charge in [0, 0.05) is 23.1 Å². The third-order valence-corrected chi connectivity index (χ3v) is 3.55. The number of rotatable bonds is 2. The van der Waals surface area contributed by atoms with Crippen molar-refractivity contribution in [2.45, 2.75) is 41.0 Å². The Morgan fingerprint density at radius 3 is 2.48 bits per heavy atom. The molecule has 1 amide bonds. The number of hydrogen-bond donors (Lipinski definition) is 2. The number of carbonyl (C=O) groups is 1. The monoisotopic (exact) mass is 286 g/mol. The lowest BCUT2D eigenvalue weighted by Crippen LogP contribution is -2.19. The summed E-state index contributed by atoms with van der Waals surface area (Å²) < 4.78 is 0. The van der Waals surface area contributed by atoms with Crippen LogP contribution >= 0.6 is 0 Å². The molecule has 0 aliphatic rings. The first kappa shape index (κ1) is 15.3. The average molecular weight is 286 g/mol. The number of pyridine rings is 1. The second-order valence-electron chi connectivity index (χ2n) is 6.75. The zero-order valence-corrected chi connectivity index (χ0v) is 13.3. The molecule has 0 atom stereocenters. The van der Waals surface area contributed by atoms with E-state index in [1.165, 1.54) is 0 Å². The second kappa shape index (κ2) is 5.35. The van der Waals surface area contributed by atoms with E-state index in [0.717, 1.165) is 22.0 Å². The third-order valence-electron chi connectivity index (χ3n) is 3.55. The van der Waals surface area contributed by atoms with Crippen LogP contribution in [0.15, 0.2) is 23.0 Å². The molecule has 21 heavy (non-hydrogen) atoms. The quantitative estimate of drug-likeness (QED) is 0.887. The predicted octanol–water partition coefficient (Wildman–Crippen LogP) is 3.52. The van der Waals surface area contributed by atoms with Crippen LogP contribution in [-0.4, -0.2) is 10.9 Å². The van der Waals surface area contributed by atoms with Crippen LogP contribution in [0, 0.1) is 19.3 Å². The number of aromatic amines is 1. The van der Waals surface area contributed by atoms with Gasteiger partial charge in [0.25, 0.3) is 5.56 Å². The first-order valence-electron chi connectivity index (χ1n) is 7.10. The van der Waals surface area contributed by atoms with E-state index in [0.29, 0.717) is 12.1 Å². The Hall–Kier alpha value is -2.10. The smallest absolute Gasteiger partial charge is 0.251 e. The molecule has 4 heteroatoms. The highest BCUT2D eigenvalue weighted by Crippen LogP contribution is 2.23. The number of aryl methyl sites for hydroxylation is 1. The normalized spacial score (nSPS) is 11.7. The SMILES string of the molecule is Cc1c(C)c2ccc(NC(=O)CC(C)(C)C)cc2[nH]c1=O. The van der Waals surface area contributed by atoms with Crippen molar-refractivity contribution in [2.24, 2.45) is 5.41 Å². The Morgan fingerprint density at radius 2 is 1.86 bits per heavy atom. The molecule has 0 saturated carbocycles. The fourth-order valence-corrected chi connectivity index (χ4v) is 2.33. The number of aromatic nitrogens is 1. The largest absolute Gasteiger partial charge is 0.326 e. The summed E-state index contributed by atoms with van der Waals surface area (Å²) in [5, 5.41) is 3.88. The minimum absolute atomic E-state index is 0.0203. The molecule has 0 aliphatic carbocycles. The first-order valence-corrected chi connectivity index (χ1v) is 7.10. The van der Waals surface area contributed by atoms with Gasteiger partial charge in [0.05, 0.1) is 5.52 Å². The van der Waals surface area contributed by atoms with E-state index in [1.807, 2.05) is 52.8 Å². The van der Waals surface area contributed by atoms with Crippen LogP contribution < -0.4 is 10.9 Å². The van der Waals surface area contributed by atoms with Crippen molar-refractivity contribution in [1.82, 2.24) is 4.98 Å². The Labute approximate surface area is 124 Å². The van der Waals surface area contributed by atoms with E-state index in [4.69, 9.17) is 0 Å². The van der Waals surface area contributed by atoms with Gasteiger partial charge in [-0.1, -0.05) is 26.8 Å². The summed E-state index contributed by atoms with van der Waals surface area (Å²) >= 11 is 0. The fraction of sp³-hybridized carbons (Fsp3) is 0.412. The summed E-state index contributed by atoms with van der Waals surface area (Å²) in [4.78, 5) is 26.7. The number of hydrogen-bond acceptors (Lipinski definition) is 2. The van der Waals surface area contributed by atoms with Gasteiger partial charge >= 0.3 is 0 Å². The number of benzene rings is 1. The summed E-state index contributed by atoms with van der Waals surface area (Å²) in [7, 11) is 0. The molecule has 2 N–H and O–H groups in total. The second-order valence-corrected chi connectivity index (χ2v) is 6.75. The molecule has 1 aromatic heterocycles. The molecular weight excluding hydrogens is 264 g/mol. The van der Waals surface area contributed by atoms with Crippen molar-refractivity contribution in [1.29, 1.82) is 0 Å². The van der Waals surface area contributed by atoms with Crippen molar-refractivity contribution in [3.05, 3.63) is 39.7 Å². The van der Waals surface area contributed by atoms with Crippen LogP contribution in [0.2, 0.25) is 0 Å². The molecule has 1 aromatic carbocycles. The summed E-state index contributed by atoms with van der Waals surface area (Å²) in [5.74, 6) is -0.0203. The van der Waals surface area contributed by atoms with E-state index >= 15 is 0 Å². The van der Waals surface area contributed by atoms with Crippen LogP contribution in [0.4, 0.5) is 5.69 Å². The molecule has 0 unspecified atom stereocenters. The van der Waals surface area contributed by atoms with Crippen molar-refractivity contribution >= 4 is 22.5 Å². The molecule has 0 aliphatic heterocycles. The molecule has 112 valence electrons. The topological polar surface area (TPSA) is 62.0 Å². The Morgan fingerprint density at radius 1 is 1.19 bits per heavy atom. The number of anilines is 1. The van der Waals surface area contributed by atoms with Crippen LogP contribution in [0.3, 0.4) is 0 Å². The molecule has 0 radical (unpaired) electrons. The lowest BCUT2D eigenvalue weighted by molar-refractivity contribution is -0.117. The molecule has 0 fully saturated rings. The number of nitrogens with one attached hydrogen (secondary N) is 2. The Kier molecular flexibility index (Phi) is 3.90. The molecule has 0 saturated heterocycles. The molecule has 0 spiro atoms. The molecule has 2 aromatic rings. The molecule has 2 rings (SSSR count). The summed E-state index contributed by atoms with van der Waals surface area (Å²) in [6, 6.07) is 5.61. The molecule has 4 nitrogen and oxygen atoms in total. The van der Waals surface area contributed by atoms with Gasteiger partial charge in [-0.25, -0.2) is 0 Å². The molecular formula is C17H22N2O2. The zero-order chi connectivity index (χ0) is 15.8. The number of fused-ring (bicyclic) bond motifs is 1. The number of amides is 1. The highest BCUT2D eigenvalue weighted by molar-refractivity contribution is 5.94. The number of carbonyl (C=O) groups excluding carboxylic acids is 1. The van der Waals surface area contributed by atoms with Gasteiger partial charge in [0.2, 0.25) is 5.91 Å². The van der Waals surface area contributed by atoms with Crippen LogP contribution in [-0.2, 0) is 4.79 Å². The maximum absolute atomic E-state index is 12.0. The Balaban J connectivity index is 2.34. The predicted molar refractivity (Wildman–Crippen MR) is 86.7 cm³/mol. The van der Waals surface area contributed by atoms with Gasteiger partial charge in [0.15, 0.2) is 0 Å². The summed E-state index contributed by atoms with van der Waals surface area (Å²) in [5.41, 5.74) is 3.02. The van der Waals surface area contributed by atoms with Crippen molar-refractivity contribution in [3.8, 4) is 0 Å². The van der Waals surface area contributed by atoms with Gasteiger partial charge in [-0.05, 0) is 37.0 Å². The van der Waals surface area contributed by atoms with Crippen LogP contribution in [0.1, 0.15) is 38.3 Å². The first-order chi connectivity index (χ1) is 9.67. The highest BCUT2D eigenvalue weighted by atomic mass is 16.1. The highest BCUT2D eigenvalue weighted by Gasteiger charge is 2.16. The van der Waals surface area contributed by atoms with Crippen LogP contribution in [0.5, 0.6) is 0 Å². The summed E-state index contributed by atoms with van der Waals surface area (Å²) in [6.07, 6.45) is 0.453. The van der Waals surface area contributed by atoms with E-state index < -0.39 is 0 Å². The van der Waals surface area contributed by atoms with Crippen LogP contribution in [0.25, 0.3) is 10.9 Å². The van der Waals surface area contributed by atoms with Crippen molar-refractivity contribution < 1.29 is 4.79 Å². The molecule has 0 bridgehead atoms. The van der Waals surface area contributed by atoms with E-state index in [2.05, 4.69) is 10.3 Å². The third kappa shape index (κ3) is 3.51. The lowest BCUT2D eigenvalue weighted by atomic mass is 9.92.